The van der Waals surface area contributed by atoms with Gasteiger partial charge in [0, 0.05) is 0 Å². The highest BCUT2D eigenvalue weighted by Crippen LogP contribution is 2.21. The van der Waals surface area contributed by atoms with Crippen LogP contribution in [0.1, 0.15) is 0 Å². The molecule has 0 spiro atoms. The average Bonchev–Trinajstić information content (AvgIpc) is 3.04. The van der Waals surface area contributed by atoms with Crippen LogP contribution >= 0.6 is 11.3 Å². The summed E-state index contributed by atoms with van der Waals surface area (Å²) in [6.07, 6.45) is 0. The maximum atomic E-state index is 2.24. The molecule has 0 unspecified atom stereocenters. The molecule has 0 fully saturated rings. The highest BCUT2D eigenvalue weighted by molar-refractivity contribution is 7.07. The lowest BCUT2D eigenvalue weighted by Gasteiger charge is -2.00. The van der Waals surface area contributed by atoms with E-state index in [-0.39, 0.29) is 0 Å². The lowest BCUT2D eigenvalue weighted by Crippen LogP contribution is -1.74. The Balaban J connectivity index is 0.000000187. The van der Waals surface area contributed by atoms with E-state index in [1.54, 1.807) is 11.3 Å². The molecule has 0 nitrogen and oxygen atoms in total. The van der Waals surface area contributed by atoms with Crippen molar-refractivity contribution < 1.29 is 0 Å². The Hall–Kier alpha value is -2.12. The Bertz CT molecular complexity index is 648. The van der Waals surface area contributed by atoms with Gasteiger partial charge in [0.05, 0.1) is 0 Å². The predicted octanol–water partition coefficient (Wildman–Crippen LogP) is 5.74. The van der Waals surface area contributed by atoms with Crippen LogP contribution in [0.2, 0.25) is 0 Å². The summed E-state index contributed by atoms with van der Waals surface area (Å²) in [6.45, 7) is 0. The number of benzene rings is 3. The molecule has 1 aromatic heterocycles. The van der Waals surface area contributed by atoms with Gasteiger partial charge >= 0.3 is 0 Å². The third-order valence-corrected chi connectivity index (χ3v) is 3.67. The molecule has 0 saturated heterocycles. The van der Waals surface area contributed by atoms with Crippen molar-refractivity contribution in [3.8, 4) is 0 Å². The molecule has 0 aliphatic rings. The normalized spacial score (nSPS) is 10.1. The van der Waals surface area contributed by atoms with Crippen LogP contribution < -0.4 is 0 Å². The van der Waals surface area contributed by atoms with E-state index in [1.807, 2.05) is 22.9 Å². The molecular weight excluding hydrogens is 248 g/mol. The van der Waals surface area contributed by atoms with Crippen molar-refractivity contribution in [3.05, 3.63) is 83.6 Å². The molecule has 0 amide bonds. The Labute approximate surface area is 116 Å². The van der Waals surface area contributed by atoms with E-state index in [0.717, 1.165) is 0 Å². The minimum Gasteiger partial charge on any atom is -0.152 e. The van der Waals surface area contributed by atoms with Gasteiger partial charge in [-0.2, -0.15) is 11.3 Å². The second-order valence-corrected chi connectivity index (χ2v) is 5.16. The number of hydrogen-bond acceptors (Lipinski definition) is 1. The van der Waals surface area contributed by atoms with Crippen LogP contribution in [0.4, 0.5) is 0 Å². The van der Waals surface area contributed by atoms with Crippen LogP contribution in [0.5, 0.6) is 0 Å². The van der Waals surface area contributed by atoms with Gasteiger partial charge in [-0.1, -0.05) is 60.7 Å². The van der Waals surface area contributed by atoms with E-state index in [0.29, 0.717) is 0 Å². The molecule has 0 aliphatic heterocycles. The Morgan fingerprint density at radius 3 is 1.11 bits per heavy atom. The van der Waals surface area contributed by atoms with Crippen molar-refractivity contribution in [1.29, 1.82) is 0 Å². The van der Waals surface area contributed by atoms with Gasteiger partial charge in [-0.3, -0.25) is 0 Å². The summed E-state index contributed by atoms with van der Waals surface area (Å²) >= 11 is 1.71. The van der Waals surface area contributed by atoms with E-state index in [9.17, 15) is 0 Å². The van der Waals surface area contributed by atoms with Crippen molar-refractivity contribution in [1.82, 2.24) is 0 Å². The lowest BCUT2D eigenvalue weighted by atomic mass is 10.0. The molecule has 3 aromatic carbocycles. The van der Waals surface area contributed by atoms with Crippen LogP contribution in [0.15, 0.2) is 83.6 Å². The number of rotatable bonds is 0. The van der Waals surface area contributed by atoms with Crippen LogP contribution in [-0.4, -0.2) is 0 Å². The zero-order valence-corrected chi connectivity index (χ0v) is 11.3. The minimum absolute atomic E-state index is 1.31. The number of fused-ring (bicyclic) bond motifs is 2. The third kappa shape index (κ3) is 2.83. The molecule has 0 N–H and O–H groups in total. The summed E-state index contributed by atoms with van der Waals surface area (Å²) in [5.41, 5.74) is 0. The second kappa shape index (κ2) is 5.68. The van der Waals surface area contributed by atoms with Gasteiger partial charge in [0.25, 0.3) is 0 Å². The Morgan fingerprint density at radius 1 is 0.474 bits per heavy atom. The lowest BCUT2D eigenvalue weighted by molar-refractivity contribution is 1.76. The monoisotopic (exact) mass is 262 g/mol. The first-order valence-corrected chi connectivity index (χ1v) is 7.22. The van der Waals surface area contributed by atoms with Crippen molar-refractivity contribution in [2.75, 3.05) is 0 Å². The number of thiophene rings is 1. The predicted molar refractivity (Wildman–Crippen MR) is 85.8 cm³/mol. The summed E-state index contributed by atoms with van der Waals surface area (Å²) in [6, 6.07) is 25.5. The highest BCUT2D eigenvalue weighted by atomic mass is 32.1. The zero-order chi connectivity index (χ0) is 12.9. The molecule has 4 rings (SSSR count). The standard InChI is InChI=1S/C14H10.C4H4S/c1-2-6-12-10-14-8-4-3-7-13(14)9-11(12)5-1;1-2-4-5-3-1/h1-10H;1-4H. The fraction of sp³-hybridized carbons (Fsp3) is 0. The molecular formula is C18H14S. The van der Waals surface area contributed by atoms with Crippen molar-refractivity contribution in [2.24, 2.45) is 0 Å². The van der Waals surface area contributed by atoms with Crippen molar-refractivity contribution in [2.45, 2.75) is 0 Å². The van der Waals surface area contributed by atoms with Crippen LogP contribution in [0.3, 0.4) is 0 Å². The largest absolute Gasteiger partial charge is 0.152 e. The summed E-state index contributed by atoms with van der Waals surface area (Å²) in [5.74, 6) is 0. The van der Waals surface area contributed by atoms with Gasteiger partial charge in [0.2, 0.25) is 0 Å². The summed E-state index contributed by atoms with van der Waals surface area (Å²) in [4.78, 5) is 0. The molecule has 1 heterocycles. The maximum Gasteiger partial charge on any atom is -0.00934 e. The maximum absolute atomic E-state index is 2.24. The fourth-order valence-electron chi connectivity index (χ4n) is 2.11. The van der Waals surface area contributed by atoms with E-state index in [4.69, 9.17) is 0 Å². The summed E-state index contributed by atoms with van der Waals surface area (Å²) in [7, 11) is 0. The van der Waals surface area contributed by atoms with E-state index < -0.39 is 0 Å². The highest BCUT2D eigenvalue weighted by Gasteiger charge is 1.95. The van der Waals surface area contributed by atoms with Gasteiger partial charge in [-0.15, -0.1) is 0 Å². The SMILES string of the molecule is c1ccc2cc3ccccc3cc2c1.c1ccsc1. The number of hydrogen-bond donors (Lipinski definition) is 0. The third-order valence-electron chi connectivity index (χ3n) is 3.04. The quantitative estimate of drug-likeness (QED) is 0.354. The molecule has 92 valence electrons. The van der Waals surface area contributed by atoms with Crippen molar-refractivity contribution >= 4 is 32.9 Å². The molecule has 0 aliphatic carbocycles. The average molecular weight is 262 g/mol. The minimum atomic E-state index is 1.31. The van der Waals surface area contributed by atoms with Gasteiger partial charge in [0.1, 0.15) is 0 Å². The summed E-state index contributed by atoms with van der Waals surface area (Å²) in [5, 5.41) is 9.33. The van der Waals surface area contributed by atoms with Gasteiger partial charge in [-0.25, -0.2) is 0 Å². The van der Waals surface area contributed by atoms with Gasteiger partial charge < -0.3 is 0 Å². The van der Waals surface area contributed by atoms with Crippen LogP contribution in [-0.2, 0) is 0 Å². The molecule has 0 bridgehead atoms. The smallest absolute Gasteiger partial charge is 0.00934 e. The first kappa shape index (κ1) is 11.9. The van der Waals surface area contributed by atoms with Crippen LogP contribution in [0, 0.1) is 0 Å². The van der Waals surface area contributed by atoms with E-state index in [2.05, 4.69) is 60.7 Å². The molecule has 0 saturated carbocycles. The van der Waals surface area contributed by atoms with E-state index >= 15 is 0 Å². The topological polar surface area (TPSA) is 0 Å². The van der Waals surface area contributed by atoms with Gasteiger partial charge in [0.15, 0.2) is 0 Å². The van der Waals surface area contributed by atoms with Crippen molar-refractivity contribution in [3.63, 3.8) is 0 Å². The fourth-order valence-corrected chi connectivity index (χ4v) is 2.56. The molecule has 0 radical (unpaired) electrons. The van der Waals surface area contributed by atoms with E-state index in [1.165, 1.54) is 21.5 Å². The second-order valence-electron chi connectivity index (χ2n) is 4.34. The zero-order valence-electron chi connectivity index (χ0n) is 10.5. The molecule has 19 heavy (non-hydrogen) atoms. The first-order chi connectivity index (χ1) is 9.43. The summed E-state index contributed by atoms with van der Waals surface area (Å²) < 4.78 is 0. The van der Waals surface area contributed by atoms with Gasteiger partial charge in [-0.05, 0) is 44.4 Å². The molecule has 4 aromatic rings. The Morgan fingerprint density at radius 2 is 0.842 bits per heavy atom. The molecule has 0 atom stereocenters. The van der Waals surface area contributed by atoms with Crippen LogP contribution in [0.25, 0.3) is 21.5 Å². The Kier molecular flexibility index (Phi) is 3.57. The molecule has 1 heteroatoms. The first-order valence-electron chi connectivity index (χ1n) is 6.28.